The molecule has 2 aromatic rings. The van der Waals surface area contributed by atoms with Gasteiger partial charge in [0.15, 0.2) is 0 Å². The highest BCUT2D eigenvalue weighted by molar-refractivity contribution is 5.92. The Bertz CT molecular complexity index is 1230. The Hall–Kier alpha value is -3.87. The van der Waals surface area contributed by atoms with Crippen molar-refractivity contribution in [3.63, 3.8) is 0 Å². The van der Waals surface area contributed by atoms with Gasteiger partial charge in [-0.15, -0.1) is 0 Å². The van der Waals surface area contributed by atoms with E-state index in [4.69, 9.17) is 9.84 Å². The number of carbonyl (C=O) groups is 2. The Kier molecular flexibility index (Phi) is 9.66. The number of likely N-dealkylation sites (N-methyl/N-ethyl adjacent to an activating group) is 1. The number of nitrogens with one attached hydrogen (secondary N) is 1. The average molecular weight is 507 g/mol. The van der Waals surface area contributed by atoms with E-state index in [0.29, 0.717) is 36.7 Å². The standard InChI is InChI=1S/C30H35FN2O4/c1-5-23-18-26(10-8-24(23)9-11-29(34)35)37-27-15-20(2)13-22(17-27)19-32-30(36)28-16-21(3)14-25(31)7-6-12-33(28)4/h6-8,10,13-18,21H,5,9,11-12,19H2,1-4H3,(H,32,36)(H,34,35)/b7-6-,25-14+,28-16-. The van der Waals surface area contributed by atoms with Crippen LogP contribution in [0.1, 0.15) is 42.5 Å². The summed E-state index contributed by atoms with van der Waals surface area (Å²) in [4.78, 5) is 25.8. The van der Waals surface area contributed by atoms with E-state index >= 15 is 0 Å². The van der Waals surface area contributed by atoms with Crippen molar-refractivity contribution in [3.8, 4) is 11.5 Å². The molecule has 6 nitrogen and oxygen atoms in total. The van der Waals surface area contributed by atoms with Crippen molar-refractivity contribution in [2.75, 3.05) is 13.6 Å². The van der Waals surface area contributed by atoms with Gasteiger partial charge in [-0.2, -0.15) is 0 Å². The van der Waals surface area contributed by atoms with Gasteiger partial charge in [-0.3, -0.25) is 9.59 Å². The number of hydrogen-bond donors (Lipinski definition) is 2. The zero-order valence-electron chi connectivity index (χ0n) is 21.9. The summed E-state index contributed by atoms with van der Waals surface area (Å²) in [6.07, 6.45) is 7.71. The summed E-state index contributed by atoms with van der Waals surface area (Å²) in [5, 5.41) is 12.0. The number of aliphatic carboxylic acids is 1. The van der Waals surface area contributed by atoms with Crippen molar-refractivity contribution in [2.24, 2.45) is 5.92 Å². The van der Waals surface area contributed by atoms with E-state index in [1.165, 1.54) is 12.2 Å². The molecule has 3 rings (SSSR count). The van der Waals surface area contributed by atoms with Crippen LogP contribution >= 0.6 is 0 Å². The Balaban J connectivity index is 1.71. The third kappa shape index (κ3) is 8.34. The van der Waals surface area contributed by atoms with Crippen molar-refractivity contribution < 1.29 is 23.8 Å². The highest BCUT2D eigenvalue weighted by Crippen LogP contribution is 2.27. The van der Waals surface area contributed by atoms with Crippen LogP contribution in [0.4, 0.5) is 4.39 Å². The monoisotopic (exact) mass is 506 g/mol. The Morgan fingerprint density at radius 3 is 2.65 bits per heavy atom. The maximum atomic E-state index is 13.8. The fourth-order valence-corrected chi connectivity index (χ4v) is 4.28. The van der Waals surface area contributed by atoms with Gasteiger partial charge in [0, 0.05) is 26.6 Å². The molecule has 2 N–H and O–H groups in total. The number of nitrogens with zero attached hydrogens (tertiary/aromatic N) is 1. The maximum absolute atomic E-state index is 13.8. The zero-order valence-corrected chi connectivity index (χ0v) is 21.9. The van der Waals surface area contributed by atoms with E-state index in [-0.39, 0.29) is 24.1 Å². The van der Waals surface area contributed by atoms with Gasteiger partial charge >= 0.3 is 5.97 Å². The lowest BCUT2D eigenvalue weighted by Gasteiger charge is -2.21. The SMILES string of the molecule is CCc1cc(Oc2cc(C)cc(CNC(=O)/C3=C/C(C)/C=C(F)\C=C/CN3C)c2)ccc1CCC(=O)O. The second-order valence-corrected chi connectivity index (χ2v) is 9.36. The Morgan fingerprint density at radius 1 is 1.14 bits per heavy atom. The van der Waals surface area contributed by atoms with E-state index < -0.39 is 5.97 Å². The van der Waals surface area contributed by atoms with Crippen LogP contribution in [0.25, 0.3) is 0 Å². The summed E-state index contributed by atoms with van der Waals surface area (Å²) >= 11 is 0. The minimum absolute atomic E-state index is 0.0933. The first-order valence-electron chi connectivity index (χ1n) is 12.5. The van der Waals surface area contributed by atoms with Gasteiger partial charge in [0.1, 0.15) is 17.3 Å². The van der Waals surface area contributed by atoms with E-state index in [9.17, 15) is 14.0 Å². The van der Waals surface area contributed by atoms with Gasteiger partial charge in [-0.05, 0) is 90.4 Å². The molecule has 0 spiro atoms. The predicted molar refractivity (Wildman–Crippen MR) is 143 cm³/mol. The molecule has 196 valence electrons. The summed E-state index contributed by atoms with van der Waals surface area (Å²) in [5.41, 5.74) is 4.44. The van der Waals surface area contributed by atoms with Gasteiger partial charge in [0.05, 0.1) is 5.70 Å². The van der Waals surface area contributed by atoms with E-state index in [0.717, 1.165) is 28.7 Å². The fraction of sp³-hybridized carbons (Fsp3) is 0.333. The average Bonchev–Trinajstić information content (AvgIpc) is 2.90. The number of allylic oxidation sites excluding steroid dienone is 4. The molecule has 2 aromatic carbocycles. The number of ether oxygens (including phenoxy) is 1. The van der Waals surface area contributed by atoms with Crippen LogP contribution in [-0.4, -0.2) is 35.5 Å². The van der Waals surface area contributed by atoms with Gasteiger partial charge in [-0.1, -0.05) is 32.1 Å². The van der Waals surface area contributed by atoms with Crippen LogP contribution in [0.3, 0.4) is 0 Å². The lowest BCUT2D eigenvalue weighted by Crippen LogP contribution is -2.33. The molecule has 1 amide bonds. The van der Waals surface area contributed by atoms with Gasteiger partial charge in [-0.25, -0.2) is 4.39 Å². The number of aryl methyl sites for hydroxylation is 3. The first-order chi connectivity index (χ1) is 17.6. The third-order valence-corrected chi connectivity index (χ3v) is 6.11. The smallest absolute Gasteiger partial charge is 0.303 e. The molecule has 0 aromatic heterocycles. The molecule has 0 saturated heterocycles. The molecule has 0 radical (unpaired) electrons. The minimum Gasteiger partial charge on any atom is -0.481 e. The highest BCUT2D eigenvalue weighted by atomic mass is 19.1. The van der Waals surface area contributed by atoms with Gasteiger partial charge in [0.2, 0.25) is 0 Å². The summed E-state index contributed by atoms with van der Waals surface area (Å²) in [5.74, 6) is -0.252. The number of halogens is 1. The van der Waals surface area contributed by atoms with Crippen LogP contribution in [0.2, 0.25) is 0 Å². The van der Waals surface area contributed by atoms with E-state index in [1.54, 1.807) is 17.1 Å². The molecule has 0 fully saturated rings. The van der Waals surface area contributed by atoms with Crippen molar-refractivity contribution in [1.82, 2.24) is 10.2 Å². The number of carboxylic acid groups (broad SMARTS) is 1. The summed E-state index contributed by atoms with van der Waals surface area (Å²) in [6.45, 7) is 6.57. The largest absolute Gasteiger partial charge is 0.481 e. The maximum Gasteiger partial charge on any atom is 0.303 e. The molecule has 37 heavy (non-hydrogen) atoms. The van der Waals surface area contributed by atoms with Crippen molar-refractivity contribution in [1.29, 1.82) is 0 Å². The lowest BCUT2D eigenvalue weighted by molar-refractivity contribution is -0.137. The number of amides is 1. The number of hydrogen-bond acceptors (Lipinski definition) is 4. The second-order valence-electron chi connectivity index (χ2n) is 9.36. The van der Waals surface area contributed by atoms with Crippen LogP contribution in [0.5, 0.6) is 11.5 Å². The minimum atomic E-state index is -0.813. The zero-order chi connectivity index (χ0) is 26.9. The molecular weight excluding hydrogens is 471 g/mol. The Labute approximate surface area is 218 Å². The van der Waals surface area contributed by atoms with Crippen molar-refractivity contribution in [2.45, 2.75) is 46.6 Å². The molecule has 7 heteroatoms. The van der Waals surface area contributed by atoms with Crippen LogP contribution < -0.4 is 10.1 Å². The molecule has 0 saturated carbocycles. The Morgan fingerprint density at radius 2 is 1.92 bits per heavy atom. The first-order valence-corrected chi connectivity index (χ1v) is 12.5. The topological polar surface area (TPSA) is 78.9 Å². The lowest BCUT2D eigenvalue weighted by atomic mass is 10.0. The van der Waals surface area contributed by atoms with Crippen LogP contribution in [-0.2, 0) is 29.0 Å². The quantitative estimate of drug-likeness (QED) is 0.446. The van der Waals surface area contributed by atoms with Crippen LogP contribution in [0.15, 0.2) is 72.2 Å². The summed E-state index contributed by atoms with van der Waals surface area (Å²) in [6, 6.07) is 11.5. The summed E-state index contributed by atoms with van der Waals surface area (Å²) in [7, 11) is 1.81. The molecule has 1 atom stereocenters. The molecule has 1 aliphatic rings. The number of rotatable bonds is 9. The molecular formula is C30H35FN2O4. The number of carbonyl (C=O) groups excluding carboxylic acids is 1. The predicted octanol–water partition coefficient (Wildman–Crippen LogP) is 5.86. The molecule has 1 unspecified atom stereocenters. The van der Waals surface area contributed by atoms with E-state index in [1.807, 2.05) is 64.2 Å². The van der Waals surface area contributed by atoms with Gasteiger partial charge < -0.3 is 20.1 Å². The summed E-state index contributed by atoms with van der Waals surface area (Å²) < 4.78 is 20.0. The molecule has 1 aliphatic heterocycles. The second kappa shape index (κ2) is 12.9. The van der Waals surface area contributed by atoms with Gasteiger partial charge in [0.25, 0.3) is 5.91 Å². The molecule has 0 bridgehead atoms. The third-order valence-electron chi connectivity index (χ3n) is 6.11. The van der Waals surface area contributed by atoms with Crippen molar-refractivity contribution >= 4 is 11.9 Å². The highest BCUT2D eigenvalue weighted by Gasteiger charge is 2.16. The molecule has 1 heterocycles. The fourth-order valence-electron chi connectivity index (χ4n) is 4.28. The first kappa shape index (κ1) is 27.7. The van der Waals surface area contributed by atoms with Crippen LogP contribution in [0, 0.1) is 12.8 Å². The number of benzene rings is 2. The normalized spacial score (nSPS) is 19.4. The molecule has 0 aliphatic carbocycles. The van der Waals surface area contributed by atoms with E-state index in [2.05, 4.69) is 5.32 Å². The van der Waals surface area contributed by atoms with Crippen molar-refractivity contribution in [3.05, 3.63) is 94.5 Å². The number of carboxylic acids is 1.